The lowest BCUT2D eigenvalue weighted by Gasteiger charge is -2.18. The lowest BCUT2D eigenvalue weighted by atomic mass is 9.86. The number of rotatable bonds is 5. The molecular formula is C13H22O. The molecule has 80 valence electrons. The van der Waals surface area contributed by atoms with Crippen LogP contribution in [0.15, 0.2) is 12.2 Å². The Balaban J connectivity index is 2.22. The second kappa shape index (κ2) is 6.80. The summed E-state index contributed by atoms with van der Waals surface area (Å²) in [6, 6.07) is 0. The van der Waals surface area contributed by atoms with E-state index in [0.717, 1.165) is 19.3 Å². The third-order valence-corrected chi connectivity index (χ3v) is 3.01. The topological polar surface area (TPSA) is 17.1 Å². The summed E-state index contributed by atoms with van der Waals surface area (Å²) in [6.45, 7) is 2.18. The molecule has 0 amide bonds. The molecule has 14 heavy (non-hydrogen) atoms. The van der Waals surface area contributed by atoms with Crippen LogP contribution < -0.4 is 0 Å². The Morgan fingerprint density at radius 1 is 1.29 bits per heavy atom. The molecule has 1 saturated carbocycles. The van der Waals surface area contributed by atoms with Crippen LogP contribution in [0.1, 0.15) is 58.3 Å². The maximum atomic E-state index is 11.7. The fourth-order valence-electron chi connectivity index (χ4n) is 2.04. The summed E-state index contributed by atoms with van der Waals surface area (Å²) < 4.78 is 0. The predicted octanol–water partition coefficient (Wildman–Crippen LogP) is 3.88. The monoisotopic (exact) mass is 194 g/mol. The van der Waals surface area contributed by atoms with Crippen molar-refractivity contribution in [2.75, 3.05) is 0 Å². The first-order valence-corrected chi connectivity index (χ1v) is 6.05. The molecule has 1 rings (SSSR count). The van der Waals surface area contributed by atoms with Crippen molar-refractivity contribution in [3.8, 4) is 0 Å². The fraction of sp³-hybridized carbons (Fsp3) is 0.769. The molecule has 0 unspecified atom stereocenters. The van der Waals surface area contributed by atoms with Crippen molar-refractivity contribution in [1.82, 2.24) is 0 Å². The molecule has 0 radical (unpaired) electrons. The summed E-state index contributed by atoms with van der Waals surface area (Å²) in [4.78, 5) is 11.7. The Kier molecular flexibility index (Phi) is 5.58. The second-order valence-corrected chi connectivity index (χ2v) is 4.28. The van der Waals surface area contributed by atoms with Gasteiger partial charge in [0.2, 0.25) is 0 Å². The van der Waals surface area contributed by atoms with Crippen LogP contribution in [0.5, 0.6) is 0 Å². The van der Waals surface area contributed by atoms with Crippen LogP contribution >= 0.6 is 0 Å². The maximum Gasteiger partial charge on any atom is 0.158 e. The van der Waals surface area contributed by atoms with Gasteiger partial charge in [0.15, 0.2) is 5.78 Å². The van der Waals surface area contributed by atoms with Crippen molar-refractivity contribution in [1.29, 1.82) is 0 Å². The number of allylic oxidation sites excluding steroid dienone is 2. The number of unbranched alkanes of at least 4 members (excludes halogenated alkanes) is 2. The number of ketones is 1. The molecule has 1 fully saturated rings. The van der Waals surface area contributed by atoms with Gasteiger partial charge in [0, 0.05) is 5.92 Å². The Bertz CT molecular complexity index is 187. The van der Waals surface area contributed by atoms with E-state index in [1.807, 2.05) is 6.08 Å². The standard InChI is InChI=1S/C13H22O/c1-2-3-4-8-11-13(14)12-9-6-5-7-10-12/h8,11-12H,2-7,9-10H2,1H3. The molecule has 0 bridgehead atoms. The van der Waals surface area contributed by atoms with Gasteiger partial charge in [-0.15, -0.1) is 0 Å². The van der Waals surface area contributed by atoms with Crippen LogP contribution in [0, 0.1) is 5.92 Å². The highest BCUT2D eigenvalue weighted by molar-refractivity contribution is 5.91. The lowest BCUT2D eigenvalue weighted by Crippen LogP contribution is -2.15. The number of carbonyl (C=O) groups excluding carboxylic acids is 1. The van der Waals surface area contributed by atoms with Gasteiger partial charge < -0.3 is 0 Å². The minimum atomic E-state index is 0.349. The zero-order valence-electron chi connectivity index (χ0n) is 9.30. The Labute approximate surface area is 87.6 Å². The van der Waals surface area contributed by atoms with Gasteiger partial charge in [-0.25, -0.2) is 0 Å². The van der Waals surface area contributed by atoms with Gasteiger partial charge in [0.05, 0.1) is 0 Å². The lowest BCUT2D eigenvalue weighted by molar-refractivity contribution is -0.119. The van der Waals surface area contributed by atoms with E-state index in [1.54, 1.807) is 0 Å². The van der Waals surface area contributed by atoms with Gasteiger partial charge in [-0.1, -0.05) is 45.1 Å². The third-order valence-electron chi connectivity index (χ3n) is 3.01. The van der Waals surface area contributed by atoms with E-state index in [4.69, 9.17) is 0 Å². The highest BCUT2D eigenvalue weighted by atomic mass is 16.1. The molecule has 0 saturated heterocycles. The largest absolute Gasteiger partial charge is 0.295 e. The molecule has 1 aliphatic rings. The fourth-order valence-corrected chi connectivity index (χ4v) is 2.04. The first kappa shape index (κ1) is 11.5. The van der Waals surface area contributed by atoms with E-state index in [0.29, 0.717) is 11.7 Å². The van der Waals surface area contributed by atoms with Crippen molar-refractivity contribution in [3.05, 3.63) is 12.2 Å². The van der Waals surface area contributed by atoms with Crippen molar-refractivity contribution in [2.45, 2.75) is 58.3 Å². The summed E-state index contributed by atoms with van der Waals surface area (Å²) in [7, 11) is 0. The summed E-state index contributed by atoms with van der Waals surface area (Å²) in [5.41, 5.74) is 0. The molecule has 1 heteroatoms. The van der Waals surface area contributed by atoms with E-state index in [9.17, 15) is 4.79 Å². The van der Waals surface area contributed by atoms with Gasteiger partial charge in [-0.05, 0) is 25.3 Å². The summed E-state index contributed by atoms with van der Waals surface area (Å²) in [6.07, 6.45) is 13.4. The summed E-state index contributed by atoms with van der Waals surface area (Å²) >= 11 is 0. The SMILES string of the molecule is CCCCC=CC(=O)C1CCCCC1. The Morgan fingerprint density at radius 2 is 2.00 bits per heavy atom. The molecule has 1 nitrogen and oxygen atoms in total. The van der Waals surface area contributed by atoms with Crippen molar-refractivity contribution in [2.24, 2.45) is 5.92 Å². The van der Waals surface area contributed by atoms with Gasteiger partial charge in [-0.2, -0.15) is 0 Å². The maximum absolute atomic E-state index is 11.7. The zero-order chi connectivity index (χ0) is 10.2. The van der Waals surface area contributed by atoms with Crippen LogP contribution in [-0.4, -0.2) is 5.78 Å². The molecule has 1 aliphatic carbocycles. The van der Waals surface area contributed by atoms with E-state index < -0.39 is 0 Å². The van der Waals surface area contributed by atoms with Crippen LogP contribution in [0.25, 0.3) is 0 Å². The summed E-state index contributed by atoms with van der Waals surface area (Å²) in [5.74, 6) is 0.724. The van der Waals surface area contributed by atoms with Gasteiger partial charge in [0.1, 0.15) is 0 Å². The van der Waals surface area contributed by atoms with Crippen LogP contribution in [0.3, 0.4) is 0 Å². The van der Waals surface area contributed by atoms with Crippen LogP contribution in [0.2, 0.25) is 0 Å². The van der Waals surface area contributed by atoms with Crippen molar-refractivity contribution in [3.63, 3.8) is 0 Å². The highest BCUT2D eigenvalue weighted by Gasteiger charge is 2.18. The van der Waals surface area contributed by atoms with Crippen molar-refractivity contribution >= 4 is 5.78 Å². The number of hydrogen-bond donors (Lipinski definition) is 0. The number of hydrogen-bond acceptors (Lipinski definition) is 1. The Hall–Kier alpha value is -0.590. The second-order valence-electron chi connectivity index (χ2n) is 4.28. The average molecular weight is 194 g/mol. The van der Waals surface area contributed by atoms with E-state index in [-0.39, 0.29) is 0 Å². The molecule has 0 aromatic heterocycles. The van der Waals surface area contributed by atoms with Crippen molar-refractivity contribution < 1.29 is 4.79 Å². The minimum Gasteiger partial charge on any atom is -0.295 e. The van der Waals surface area contributed by atoms with E-state index in [2.05, 4.69) is 13.0 Å². The molecule has 0 aromatic rings. The smallest absolute Gasteiger partial charge is 0.158 e. The van der Waals surface area contributed by atoms with Crippen LogP contribution in [-0.2, 0) is 4.79 Å². The van der Waals surface area contributed by atoms with Gasteiger partial charge >= 0.3 is 0 Å². The van der Waals surface area contributed by atoms with E-state index in [1.165, 1.54) is 32.1 Å². The summed E-state index contributed by atoms with van der Waals surface area (Å²) in [5, 5.41) is 0. The first-order chi connectivity index (χ1) is 6.84. The molecule has 0 spiro atoms. The van der Waals surface area contributed by atoms with Gasteiger partial charge in [0.25, 0.3) is 0 Å². The normalized spacial score (nSPS) is 18.9. The molecule has 0 atom stereocenters. The average Bonchev–Trinajstić information content (AvgIpc) is 2.25. The van der Waals surface area contributed by atoms with Crippen LogP contribution in [0.4, 0.5) is 0 Å². The molecule has 0 heterocycles. The quantitative estimate of drug-likeness (QED) is 0.479. The first-order valence-electron chi connectivity index (χ1n) is 6.05. The van der Waals surface area contributed by atoms with E-state index >= 15 is 0 Å². The molecule has 0 aromatic carbocycles. The predicted molar refractivity (Wildman–Crippen MR) is 60.2 cm³/mol. The molecular weight excluding hydrogens is 172 g/mol. The molecule has 0 aliphatic heterocycles. The zero-order valence-corrected chi connectivity index (χ0v) is 9.30. The van der Waals surface area contributed by atoms with Gasteiger partial charge in [-0.3, -0.25) is 4.79 Å². The number of carbonyl (C=O) groups is 1. The highest BCUT2D eigenvalue weighted by Crippen LogP contribution is 2.24. The Morgan fingerprint density at radius 3 is 2.64 bits per heavy atom. The molecule has 0 N–H and O–H groups in total. The third kappa shape index (κ3) is 4.08. The minimum absolute atomic E-state index is 0.349.